The second kappa shape index (κ2) is 61.6. The number of hydrogen-bond donors (Lipinski definition) is 0. The summed E-state index contributed by atoms with van der Waals surface area (Å²) >= 11 is 10.5. The van der Waals surface area contributed by atoms with E-state index in [-0.39, 0.29) is 7.43 Å². The van der Waals surface area contributed by atoms with Gasteiger partial charge in [0.2, 0.25) is 0 Å². The zero-order chi connectivity index (χ0) is 31.3. The van der Waals surface area contributed by atoms with Gasteiger partial charge >= 0.3 is 0 Å². The summed E-state index contributed by atoms with van der Waals surface area (Å²) in [5, 5.41) is 0. The normalized spacial score (nSPS) is 10.0. The molecule has 0 aliphatic carbocycles. The van der Waals surface area contributed by atoms with E-state index in [1.54, 1.807) is 0 Å². The molecule has 0 radical (unpaired) electrons. The van der Waals surface area contributed by atoms with Crippen LogP contribution in [0.15, 0.2) is 0 Å². The Hall–Kier alpha value is 1.67. The first-order valence-corrected chi connectivity index (χ1v) is 23.0. The highest BCUT2D eigenvalue weighted by Gasteiger charge is 1.91. The molecular weight excluding hydrogens is 613 g/mol. The van der Waals surface area contributed by atoms with Gasteiger partial charge in [0.25, 0.3) is 0 Å². The molecule has 2 nitrogen and oxygen atoms in total. The summed E-state index contributed by atoms with van der Waals surface area (Å²) < 4.78 is 10.4. The molecular formula is C35H80O2S5. The summed E-state index contributed by atoms with van der Waals surface area (Å²) in [6, 6.07) is 0. The van der Waals surface area contributed by atoms with Crippen LogP contribution in [0.4, 0.5) is 0 Å². The van der Waals surface area contributed by atoms with E-state index in [0.29, 0.717) is 0 Å². The van der Waals surface area contributed by atoms with E-state index < -0.39 is 0 Å². The van der Waals surface area contributed by atoms with Gasteiger partial charge in [-0.25, -0.2) is 0 Å². The van der Waals surface area contributed by atoms with Crippen LogP contribution in [0.25, 0.3) is 0 Å². The van der Waals surface area contributed by atoms with Crippen LogP contribution in [0.1, 0.15) is 140 Å². The largest absolute Gasteiger partial charge is 0.379 e. The highest BCUT2D eigenvalue weighted by molar-refractivity contribution is 8.03. The van der Waals surface area contributed by atoms with E-state index in [1.165, 1.54) is 122 Å². The third-order valence-electron chi connectivity index (χ3n) is 4.99. The van der Waals surface area contributed by atoms with Crippen LogP contribution in [-0.4, -0.2) is 84.0 Å². The smallest absolute Gasteiger partial charge is 0.0700 e. The summed E-state index contributed by atoms with van der Waals surface area (Å²) in [7, 11) is 0. The monoisotopic (exact) mass is 692 g/mol. The fourth-order valence-corrected chi connectivity index (χ4v) is 7.86. The maximum atomic E-state index is 5.20. The van der Waals surface area contributed by atoms with Crippen LogP contribution in [0.2, 0.25) is 0 Å². The quantitative estimate of drug-likeness (QED) is 0.0717. The van der Waals surface area contributed by atoms with E-state index in [0.717, 1.165) is 39.3 Å². The fraction of sp³-hybridized carbons (Fsp3) is 1.00. The van der Waals surface area contributed by atoms with Gasteiger partial charge in [-0.1, -0.05) is 82.1 Å². The molecule has 7 heteroatoms. The van der Waals surface area contributed by atoms with Crippen molar-refractivity contribution in [3.63, 3.8) is 0 Å². The van der Waals surface area contributed by atoms with Crippen molar-refractivity contribution in [1.82, 2.24) is 0 Å². The van der Waals surface area contributed by atoms with Crippen LogP contribution >= 0.6 is 58.8 Å². The predicted molar refractivity (Wildman–Crippen MR) is 216 cm³/mol. The van der Waals surface area contributed by atoms with Crippen molar-refractivity contribution in [1.29, 1.82) is 0 Å². The van der Waals surface area contributed by atoms with Crippen LogP contribution in [0.3, 0.4) is 0 Å². The van der Waals surface area contributed by atoms with Gasteiger partial charge in [0.1, 0.15) is 0 Å². The van der Waals surface area contributed by atoms with Gasteiger partial charge in [-0.3, -0.25) is 0 Å². The van der Waals surface area contributed by atoms with Crippen molar-refractivity contribution in [2.24, 2.45) is 0 Å². The highest BCUT2D eigenvalue weighted by atomic mass is 32.2. The topological polar surface area (TPSA) is 18.5 Å². The Morgan fingerprint density at radius 2 is 0.571 bits per heavy atom. The maximum Gasteiger partial charge on any atom is 0.0700 e. The number of thioether (sulfide) groups is 5. The van der Waals surface area contributed by atoms with Crippen molar-refractivity contribution < 1.29 is 9.47 Å². The van der Waals surface area contributed by atoms with E-state index in [1.807, 2.05) is 0 Å². The molecule has 0 unspecified atom stereocenters. The Labute approximate surface area is 290 Å². The second-order valence-corrected chi connectivity index (χ2v) is 15.8. The van der Waals surface area contributed by atoms with Crippen LogP contribution in [0.5, 0.6) is 0 Å². The average molecular weight is 693 g/mol. The molecule has 0 bridgehead atoms. The van der Waals surface area contributed by atoms with Gasteiger partial charge in [0, 0.05) is 24.7 Å². The number of ether oxygens (including phenoxy) is 2. The Kier molecular flexibility index (Phi) is 78.0. The van der Waals surface area contributed by atoms with Crippen LogP contribution in [-0.2, 0) is 9.47 Å². The van der Waals surface area contributed by atoms with E-state index in [4.69, 9.17) is 9.47 Å². The fourth-order valence-electron chi connectivity index (χ4n) is 2.67. The van der Waals surface area contributed by atoms with Gasteiger partial charge in [0.15, 0.2) is 0 Å². The third-order valence-corrected chi connectivity index (χ3v) is 11.2. The average Bonchev–Trinajstić information content (AvgIpc) is 2.99. The van der Waals surface area contributed by atoms with Gasteiger partial charge in [-0.2, -0.15) is 58.8 Å². The van der Waals surface area contributed by atoms with Gasteiger partial charge < -0.3 is 9.47 Å². The van der Waals surface area contributed by atoms with Crippen molar-refractivity contribution in [3.05, 3.63) is 0 Å². The molecule has 42 heavy (non-hydrogen) atoms. The molecule has 0 heterocycles. The first kappa shape index (κ1) is 53.2. The predicted octanol–water partition coefficient (Wildman–Crippen LogP) is 13.1. The first-order valence-electron chi connectivity index (χ1n) is 17.2. The molecule has 0 N–H and O–H groups in total. The second-order valence-electron chi connectivity index (χ2n) is 9.70. The van der Waals surface area contributed by atoms with Gasteiger partial charge in [0.05, 0.1) is 13.2 Å². The molecule has 0 aliphatic rings. The zero-order valence-electron chi connectivity index (χ0n) is 29.2. The van der Waals surface area contributed by atoms with Crippen molar-refractivity contribution in [2.75, 3.05) is 84.0 Å². The molecule has 262 valence electrons. The number of rotatable bonds is 29. The van der Waals surface area contributed by atoms with E-state index >= 15 is 0 Å². The van der Waals surface area contributed by atoms with Crippen molar-refractivity contribution in [2.45, 2.75) is 140 Å². The number of hydrogen-bond acceptors (Lipinski definition) is 7. The molecule has 0 fully saturated rings. The Bertz CT molecular complexity index is 334. The molecule has 0 aliphatic heterocycles. The minimum atomic E-state index is 0. The summed E-state index contributed by atoms with van der Waals surface area (Å²) in [6.45, 7) is 20.9. The molecule has 0 spiro atoms. The molecule has 0 aromatic heterocycles. The van der Waals surface area contributed by atoms with Gasteiger partial charge in [-0.15, -0.1) is 0 Å². The molecule has 0 atom stereocenters. The summed E-state index contributed by atoms with van der Waals surface area (Å²) in [5.74, 6) is 13.6. The lowest BCUT2D eigenvalue weighted by molar-refractivity contribution is 0.0483. The lowest BCUT2D eigenvalue weighted by atomic mass is 10.4. The molecule has 0 saturated carbocycles. The Morgan fingerprint density at radius 3 is 0.833 bits per heavy atom. The lowest BCUT2D eigenvalue weighted by Crippen LogP contribution is -2.04. The summed E-state index contributed by atoms with van der Waals surface area (Å²) in [6.07, 6.45) is 15.8. The molecule has 0 aromatic carbocycles. The summed E-state index contributed by atoms with van der Waals surface area (Å²) in [5.41, 5.74) is 0. The summed E-state index contributed by atoms with van der Waals surface area (Å²) in [4.78, 5) is 0. The van der Waals surface area contributed by atoms with Crippen LogP contribution < -0.4 is 0 Å². The van der Waals surface area contributed by atoms with Crippen molar-refractivity contribution in [3.8, 4) is 0 Å². The number of unbranched alkanes of at least 4 members (excludes halogenated alkanes) is 3. The Morgan fingerprint density at radius 1 is 0.286 bits per heavy atom. The minimum Gasteiger partial charge on any atom is -0.379 e. The van der Waals surface area contributed by atoms with E-state index in [2.05, 4.69) is 114 Å². The molecule has 0 saturated heterocycles. The minimum absolute atomic E-state index is 0. The molecule has 0 rings (SSSR count). The third kappa shape index (κ3) is 73.3. The maximum absolute atomic E-state index is 5.20. The lowest BCUT2D eigenvalue weighted by Gasteiger charge is -2.02. The standard InChI is InChI=1S/C10H22S2.C9H20S2.C8H18O2.C7H16S.CH4/c1-3-5-7-11-9-10-12-8-6-4-2;1-3-6-10-8-5-9-11-7-4-2;1-3-5-9-7-8-10-6-4-2;1-3-5-7-8-6-4-2;/h3-10H2,1-2H3;3-9H2,1-2H3;3-8H2,1-2H3;3-7H2,1-2H3;1H4. The highest BCUT2D eigenvalue weighted by Crippen LogP contribution is 2.11. The van der Waals surface area contributed by atoms with E-state index in [9.17, 15) is 0 Å². The van der Waals surface area contributed by atoms with Crippen molar-refractivity contribution >= 4 is 58.8 Å². The van der Waals surface area contributed by atoms with Crippen LogP contribution in [0, 0.1) is 0 Å². The molecule has 0 amide bonds. The first-order chi connectivity index (χ1) is 20.2. The zero-order valence-corrected chi connectivity index (χ0v) is 33.3. The SMILES string of the molecule is C.CCCCSCCC.CCCCSCCSCCCC.CCCOCCOCCC.CCCSCCCSCCC. The molecule has 0 aromatic rings. The van der Waals surface area contributed by atoms with Gasteiger partial charge in [-0.05, 0) is 104 Å². The Balaban J connectivity index is -0.000000145.